The fourth-order valence-electron chi connectivity index (χ4n) is 2.27. The minimum Gasteiger partial charge on any atom is -0.464 e. The summed E-state index contributed by atoms with van der Waals surface area (Å²) in [5.74, 6) is -0.264. The molecule has 0 aromatic heterocycles. The van der Waals surface area contributed by atoms with E-state index >= 15 is 0 Å². The quantitative estimate of drug-likeness (QED) is 0.855. The molecule has 0 amide bonds. The topological polar surface area (TPSA) is 38.3 Å². The van der Waals surface area contributed by atoms with Crippen LogP contribution in [0.2, 0.25) is 0 Å². The summed E-state index contributed by atoms with van der Waals surface area (Å²) >= 11 is 0. The zero-order valence-electron chi connectivity index (χ0n) is 12.7. The van der Waals surface area contributed by atoms with Crippen LogP contribution in [0.15, 0.2) is 54.6 Å². The van der Waals surface area contributed by atoms with Crippen LogP contribution >= 0.6 is 0 Å². The number of hydrogen-bond donors (Lipinski definition) is 1. The van der Waals surface area contributed by atoms with Crippen LogP contribution in [0.5, 0.6) is 0 Å². The molecule has 0 heterocycles. The van der Waals surface area contributed by atoms with Gasteiger partial charge in [0.15, 0.2) is 0 Å². The Morgan fingerprint density at radius 1 is 1.05 bits per heavy atom. The minimum absolute atomic E-state index is 0.264. The van der Waals surface area contributed by atoms with Crippen LogP contribution in [-0.2, 0) is 15.1 Å². The first kappa shape index (κ1) is 15.3. The lowest BCUT2D eigenvalue weighted by Gasteiger charge is -2.27. The third kappa shape index (κ3) is 3.14. The first-order valence-electron chi connectivity index (χ1n) is 7.14. The van der Waals surface area contributed by atoms with E-state index in [1.165, 1.54) is 0 Å². The highest BCUT2D eigenvalue weighted by atomic mass is 16.5. The molecule has 0 saturated heterocycles. The second-order valence-corrected chi connectivity index (χ2v) is 5.04. The predicted octanol–water partition coefficient (Wildman–Crippen LogP) is 3.35. The van der Waals surface area contributed by atoms with Gasteiger partial charge in [-0.25, -0.2) is 4.79 Å². The van der Waals surface area contributed by atoms with Crippen LogP contribution in [0.3, 0.4) is 0 Å². The van der Waals surface area contributed by atoms with Crippen molar-refractivity contribution in [2.75, 3.05) is 13.7 Å². The molecule has 0 aliphatic rings. The molecule has 2 aromatic rings. The molecule has 2 aromatic carbocycles. The van der Waals surface area contributed by atoms with Crippen molar-refractivity contribution in [3.8, 4) is 11.1 Å². The van der Waals surface area contributed by atoms with Gasteiger partial charge < -0.3 is 10.1 Å². The molecule has 0 fully saturated rings. The molecule has 3 heteroatoms. The van der Waals surface area contributed by atoms with Gasteiger partial charge in [0.2, 0.25) is 0 Å². The highest BCUT2D eigenvalue weighted by Crippen LogP contribution is 2.26. The molecule has 3 nitrogen and oxygen atoms in total. The molecule has 0 bridgehead atoms. The Morgan fingerprint density at radius 2 is 1.62 bits per heavy atom. The monoisotopic (exact) mass is 283 g/mol. The Hall–Kier alpha value is -2.13. The summed E-state index contributed by atoms with van der Waals surface area (Å²) in [6.45, 7) is 4.02. The Bertz CT molecular complexity index is 592. The maximum Gasteiger partial charge on any atom is 0.330 e. The molecule has 2 rings (SSSR count). The molecule has 0 aliphatic carbocycles. The van der Waals surface area contributed by atoms with Gasteiger partial charge in [-0.05, 0) is 37.6 Å². The minimum atomic E-state index is -0.828. The predicted molar refractivity (Wildman–Crippen MR) is 84.9 cm³/mol. The van der Waals surface area contributed by atoms with Crippen LogP contribution in [0.1, 0.15) is 19.4 Å². The number of rotatable bonds is 5. The van der Waals surface area contributed by atoms with Crippen LogP contribution in [-0.4, -0.2) is 19.6 Å². The Morgan fingerprint density at radius 3 is 2.14 bits per heavy atom. The van der Waals surface area contributed by atoms with Crippen molar-refractivity contribution in [1.82, 2.24) is 5.32 Å². The van der Waals surface area contributed by atoms with Crippen molar-refractivity contribution in [3.05, 3.63) is 60.2 Å². The van der Waals surface area contributed by atoms with E-state index in [0.717, 1.165) is 16.7 Å². The number of esters is 1. The maximum atomic E-state index is 12.2. The summed E-state index contributed by atoms with van der Waals surface area (Å²) in [5, 5.41) is 3.06. The molecule has 21 heavy (non-hydrogen) atoms. The van der Waals surface area contributed by atoms with Gasteiger partial charge in [-0.2, -0.15) is 0 Å². The fourth-order valence-corrected chi connectivity index (χ4v) is 2.27. The number of benzene rings is 2. The molecule has 0 saturated carbocycles. The number of carbonyl (C=O) groups is 1. The largest absolute Gasteiger partial charge is 0.464 e. The molecule has 0 spiro atoms. The molecular formula is C18H21NO2. The van der Waals surface area contributed by atoms with E-state index < -0.39 is 5.54 Å². The van der Waals surface area contributed by atoms with Gasteiger partial charge in [0.25, 0.3) is 0 Å². The standard InChI is InChI=1S/C18H21NO2/c1-4-21-17(20)18(2,19-3)16-12-10-15(11-13-16)14-8-6-5-7-9-14/h5-13,19H,4H2,1-3H3. The zero-order chi connectivity index (χ0) is 15.3. The van der Waals surface area contributed by atoms with Crippen LogP contribution < -0.4 is 5.32 Å². The third-order valence-corrected chi connectivity index (χ3v) is 3.75. The highest BCUT2D eigenvalue weighted by molar-refractivity contribution is 5.82. The summed E-state index contributed by atoms with van der Waals surface area (Å²) in [6, 6.07) is 18.1. The summed E-state index contributed by atoms with van der Waals surface area (Å²) in [4.78, 5) is 12.2. The molecule has 0 aliphatic heterocycles. The Labute approximate surface area is 126 Å². The average molecular weight is 283 g/mol. The van der Waals surface area contributed by atoms with Gasteiger partial charge >= 0.3 is 5.97 Å². The Balaban J connectivity index is 2.31. The van der Waals surface area contributed by atoms with Crippen LogP contribution in [0.4, 0.5) is 0 Å². The van der Waals surface area contributed by atoms with E-state index in [9.17, 15) is 4.79 Å². The van der Waals surface area contributed by atoms with Gasteiger partial charge in [0.05, 0.1) is 6.61 Å². The van der Waals surface area contributed by atoms with Crippen LogP contribution in [0, 0.1) is 0 Å². The van der Waals surface area contributed by atoms with Crippen molar-refractivity contribution in [3.63, 3.8) is 0 Å². The summed E-state index contributed by atoms with van der Waals surface area (Å²) in [6.07, 6.45) is 0. The van der Waals surface area contributed by atoms with Crippen LogP contribution in [0.25, 0.3) is 11.1 Å². The second kappa shape index (κ2) is 6.55. The lowest BCUT2D eigenvalue weighted by atomic mass is 9.90. The van der Waals surface area contributed by atoms with Crippen molar-refractivity contribution in [1.29, 1.82) is 0 Å². The van der Waals surface area contributed by atoms with E-state index in [1.807, 2.05) is 56.3 Å². The van der Waals surface area contributed by atoms with Gasteiger partial charge in [-0.15, -0.1) is 0 Å². The van der Waals surface area contributed by atoms with Crippen molar-refractivity contribution in [2.24, 2.45) is 0 Å². The van der Waals surface area contributed by atoms with Gasteiger partial charge in [-0.3, -0.25) is 0 Å². The first-order chi connectivity index (χ1) is 10.1. The van der Waals surface area contributed by atoms with Gasteiger partial charge in [0.1, 0.15) is 5.54 Å². The van der Waals surface area contributed by atoms with Gasteiger partial charge in [0, 0.05) is 0 Å². The smallest absolute Gasteiger partial charge is 0.330 e. The fraction of sp³-hybridized carbons (Fsp3) is 0.278. The number of carbonyl (C=O) groups excluding carboxylic acids is 1. The number of likely N-dealkylation sites (N-methyl/N-ethyl adjacent to an activating group) is 1. The SMILES string of the molecule is CCOC(=O)C(C)(NC)c1ccc(-c2ccccc2)cc1. The number of nitrogens with one attached hydrogen (secondary N) is 1. The average Bonchev–Trinajstić information content (AvgIpc) is 2.55. The normalized spacial score (nSPS) is 13.5. The molecule has 110 valence electrons. The highest BCUT2D eigenvalue weighted by Gasteiger charge is 2.34. The van der Waals surface area contributed by atoms with Crippen molar-refractivity contribution in [2.45, 2.75) is 19.4 Å². The third-order valence-electron chi connectivity index (χ3n) is 3.75. The van der Waals surface area contributed by atoms with E-state index in [0.29, 0.717) is 6.61 Å². The summed E-state index contributed by atoms with van der Waals surface area (Å²) < 4.78 is 5.17. The van der Waals surface area contributed by atoms with E-state index in [1.54, 1.807) is 7.05 Å². The van der Waals surface area contributed by atoms with E-state index in [4.69, 9.17) is 4.74 Å². The van der Waals surface area contributed by atoms with E-state index in [-0.39, 0.29) is 5.97 Å². The second-order valence-electron chi connectivity index (χ2n) is 5.04. The lowest BCUT2D eigenvalue weighted by molar-refractivity contribution is -0.150. The molecule has 1 N–H and O–H groups in total. The number of hydrogen-bond acceptors (Lipinski definition) is 3. The Kier molecular flexibility index (Phi) is 4.76. The molecule has 1 unspecified atom stereocenters. The summed E-state index contributed by atoms with van der Waals surface area (Å²) in [7, 11) is 1.77. The van der Waals surface area contributed by atoms with Gasteiger partial charge in [-0.1, -0.05) is 54.6 Å². The molecule has 0 radical (unpaired) electrons. The first-order valence-corrected chi connectivity index (χ1v) is 7.14. The molecule has 1 atom stereocenters. The lowest BCUT2D eigenvalue weighted by Crippen LogP contribution is -2.45. The zero-order valence-corrected chi connectivity index (χ0v) is 12.7. The van der Waals surface area contributed by atoms with Crippen molar-refractivity contribution >= 4 is 5.97 Å². The molecular weight excluding hydrogens is 262 g/mol. The van der Waals surface area contributed by atoms with Crippen molar-refractivity contribution < 1.29 is 9.53 Å². The summed E-state index contributed by atoms with van der Waals surface area (Å²) in [5.41, 5.74) is 2.35. The maximum absolute atomic E-state index is 12.2. The van der Waals surface area contributed by atoms with E-state index in [2.05, 4.69) is 17.4 Å². The number of ether oxygens (including phenoxy) is 1.